The molecular formula is C25H29F4N5O. The molecule has 35 heavy (non-hydrogen) atoms. The third-order valence-corrected chi connectivity index (χ3v) is 7.16. The van der Waals surface area contributed by atoms with E-state index in [1.165, 1.54) is 11.6 Å². The van der Waals surface area contributed by atoms with Crippen LogP contribution in [0, 0.1) is 5.82 Å². The van der Waals surface area contributed by atoms with Crippen LogP contribution in [-0.4, -0.2) is 61.1 Å². The lowest BCUT2D eigenvalue weighted by atomic mass is 9.90. The van der Waals surface area contributed by atoms with Crippen LogP contribution in [0.2, 0.25) is 0 Å². The summed E-state index contributed by atoms with van der Waals surface area (Å²) in [5.74, 6) is -0.384. The fraction of sp³-hybridized carbons (Fsp3) is 0.480. The van der Waals surface area contributed by atoms with Crippen LogP contribution in [0.1, 0.15) is 35.4 Å². The van der Waals surface area contributed by atoms with Crippen LogP contribution in [0.25, 0.3) is 0 Å². The Balaban J connectivity index is 1.14. The summed E-state index contributed by atoms with van der Waals surface area (Å²) in [6.07, 6.45) is -2.89. The number of alkyl halides is 3. The van der Waals surface area contributed by atoms with Gasteiger partial charge in [0.05, 0.1) is 16.9 Å². The summed E-state index contributed by atoms with van der Waals surface area (Å²) in [5.41, 5.74) is 2.37. The fourth-order valence-electron chi connectivity index (χ4n) is 5.09. The summed E-state index contributed by atoms with van der Waals surface area (Å²) in [6.45, 7) is 4.22. The minimum absolute atomic E-state index is 0.0509. The number of carbonyl (C=O) groups excluding carboxylic acids is 1. The Kier molecular flexibility index (Phi) is 6.59. The molecule has 0 radical (unpaired) electrons. The van der Waals surface area contributed by atoms with Crippen LogP contribution < -0.4 is 16.0 Å². The van der Waals surface area contributed by atoms with Crippen molar-refractivity contribution in [3.05, 3.63) is 58.9 Å². The van der Waals surface area contributed by atoms with E-state index in [1.807, 2.05) is 11.0 Å². The molecule has 0 saturated carbocycles. The molecule has 3 heterocycles. The van der Waals surface area contributed by atoms with E-state index in [9.17, 15) is 22.4 Å². The number of benzene rings is 2. The Bertz CT molecular complexity index is 1080. The van der Waals surface area contributed by atoms with E-state index in [4.69, 9.17) is 0 Å². The van der Waals surface area contributed by atoms with E-state index in [1.54, 1.807) is 4.90 Å². The maximum atomic E-state index is 14.2. The van der Waals surface area contributed by atoms with Crippen LogP contribution in [0.3, 0.4) is 0 Å². The van der Waals surface area contributed by atoms with Crippen molar-refractivity contribution in [3.8, 4) is 0 Å². The minimum atomic E-state index is -4.57. The molecule has 2 fully saturated rings. The van der Waals surface area contributed by atoms with Gasteiger partial charge < -0.3 is 20.9 Å². The molecule has 188 valence electrons. The summed E-state index contributed by atoms with van der Waals surface area (Å²) in [7, 11) is 0. The third-order valence-electron chi connectivity index (χ3n) is 7.16. The lowest BCUT2D eigenvalue weighted by molar-refractivity contribution is -0.137. The van der Waals surface area contributed by atoms with Crippen LogP contribution in [0.5, 0.6) is 0 Å². The number of rotatable bonds is 4. The standard InChI is InChI=1S/C25H29F4N5O/c26-20-14-19(25(27,28)29)3-1-18(20)15-33-9-11-34(12-10-33)24(35)23-31-21-4-2-17(13-22(21)32-23)16-5-7-30-8-6-16/h1-4,13-14,16,23,30-32H,5-12,15H2. The van der Waals surface area contributed by atoms with Gasteiger partial charge in [-0.1, -0.05) is 12.1 Å². The second-order valence-corrected chi connectivity index (χ2v) is 9.46. The predicted molar refractivity (Wildman–Crippen MR) is 126 cm³/mol. The lowest BCUT2D eigenvalue weighted by Crippen LogP contribution is -2.53. The number of halogens is 4. The Labute approximate surface area is 201 Å². The largest absolute Gasteiger partial charge is 0.416 e. The number of nitrogens with zero attached hydrogens (tertiary/aromatic N) is 2. The molecule has 0 spiro atoms. The van der Waals surface area contributed by atoms with Crippen LogP contribution in [-0.2, 0) is 17.5 Å². The second-order valence-electron chi connectivity index (χ2n) is 9.46. The summed E-state index contributed by atoms with van der Waals surface area (Å²) in [4.78, 5) is 16.8. The lowest BCUT2D eigenvalue weighted by Gasteiger charge is -2.36. The number of anilines is 2. The molecule has 3 N–H and O–H groups in total. The number of carbonyl (C=O) groups is 1. The average molecular weight is 492 g/mol. The van der Waals surface area contributed by atoms with Crippen molar-refractivity contribution >= 4 is 17.3 Å². The Morgan fingerprint density at radius 2 is 1.66 bits per heavy atom. The maximum Gasteiger partial charge on any atom is 0.416 e. The van der Waals surface area contributed by atoms with Crippen molar-refractivity contribution in [2.24, 2.45) is 0 Å². The number of hydrogen-bond acceptors (Lipinski definition) is 5. The first-order valence-corrected chi connectivity index (χ1v) is 12.0. The summed E-state index contributed by atoms with van der Waals surface area (Å²) in [6, 6.07) is 8.95. The molecule has 3 aliphatic heterocycles. The zero-order valence-corrected chi connectivity index (χ0v) is 19.3. The highest BCUT2D eigenvalue weighted by Gasteiger charge is 2.33. The molecule has 1 amide bonds. The van der Waals surface area contributed by atoms with Crippen LogP contribution in [0.4, 0.5) is 28.9 Å². The number of amides is 1. The molecule has 0 bridgehead atoms. The SMILES string of the molecule is O=C(C1Nc2ccc(C3CCNCC3)cc2N1)N1CCN(Cc2ccc(C(F)(F)F)cc2F)CC1. The third kappa shape index (κ3) is 5.23. The maximum absolute atomic E-state index is 14.2. The molecule has 1 unspecified atom stereocenters. The molecule has 1 atom stereocenters. The molecule has 0 aliphatic carbocycles. The van der Waals surface area contributed by atoms with E-state index in [0.717, 1.165) is 43.4 Å². The minimum Gasteiger partial charge on any atom is -0.356 e. The number of piperidine rings is 1. The first-order chi connectivity index (χ1) is 16.8. The molecule has 0 aromatic heterocycles. The van der Waals surface area contributed by atoms with E-state index < -0.39 is 23.7 Å². The normalized spacial score (nSPS) is 21.4. The molecule has 10 heteroatoms. The van der Waals surface area contributed by atoms with Gasteiger partial charge in [0, 0.05) is 38.3 Å². The number of nitrogens with one attached hydrogen (secondary N) is 3. The summed E-state index contributed by atoms with van der Waals surface area (Å²) in [5, 5.41) is 9.96. The summed E-state index contributed by atoms with van der Waals surface area (Å²) < 4.78 is 52.5. The Morgan fingerprint density at radius 1 is 0.943 bits per heavy atom. The zero-order valence-electron chi connectivity index (χ0n) is 19.3. The van der Waals surface area contributed by atoms with Gasteiger partial charge in [0.1, 0.15) is 5.82 Å². The van der Waals surface area contributed by atoms with Gasteiger partial charge in [-0.3, -0.25) is 9.69 Å². The molecule has 2 saturated heterocycles. The average Bonchev–Trinajstić information content (AvgIpc) is 3.29. The van der Waals surface area contributed by atoms with Crippen LogP contribution >= 0.6 is 0 Å². The van der Waals surface area contributed by atoms with E-state index >= 15 is 0 Å². The Hall–Kier alpha value is -2.85. The zero-order chi connectivity index (χ0) is 24.6. The van der Waals surface area contributed by atoms with Crippen molar-refractivity contribution in [2.75, 3.05) is 49.9 Å². The summed E-state index contributed by atoms with van der Waals surface area (Å²) >= 11 is 0. The van der Waals surface area contributed by atoms with E-state index in [0.29, 0.717) is 38.2 Å². The van der Waals surface area contributed by atoms with E-state index in [2.05, 4.69) is 28.1 Å². The highest BCUT2D eigenvalue weighted by molar-refractivity contribution is 5.93. The Morgan fingerprint density at radius 3 is 2.34 bits per heavy atom. The first kappa shape index (κ1) is 23.9. The highest BCUT2D eigenvalue weighted by Crippen LogP contribution is 2.35. The quantitative estimate of drug-likeness (QED) is 0.568. The predicted octanol–water partition coefficient (Wildman–Crippen LogP) is 3.82. The topological polar surface area (TPSA) is 59.6 Å². The van der Waals surface area contributed by atoms with E-state index in [-0.39, 0.29) is 18.0 Å². The van der Waals surface area contributed by atoms with Crippen molar-refractivity contribution in [1.82, 2.24) is 15.1 Å². The highest BCUT2D eigenvalue weighted by atomic mass is 19.4. The molecule has 6 nitrogen and oxygen atoms in total. The first-order valence-electron chi connectivity index (χ1n) is 12.0. The van der Waals surface area contributed by atoms with Crippen molar-refractivity contribution in [1.29, 1.82) is 0 Å². The monoisotopic (exact) mass is 491 g/mol. The van der Waals surface area contributed by atoms with Gasteiger partial charge in [-0.05, 0) is 61.7 Å². The molecule has 2 aromatic carbocycles. The number of piperazine rings is 1. The van der Waals surface area contributed by atoms with Gasteiger partial charge in [-0.25, -0.2) is 4.39 Å². The number of fused-ring (bicyclic) bond motifs is 1. The number of hydrogen-bond donors (Lipinski definition) is 3. The van der Waals surface area contributed by atoms with Gasteiger partial charge in [-0.2, -0.15) is 13.2 Å². The van der Waals surface area contributed by atoms with Crippen molar-refractivity contribution in [3.63, 3.8) is 0 Å². The molecule has 2 aromatic rings. The molecule has 5 rings (SSSR count). The van der Waals surface area contributed by atoms with Gasteiger partial charge in [0.15, 0.2) is 6.17 Å². The van der Waals surface area contributed by atoms with Gasteiger partial charge >= 0.3 is 6.18 Å². The van der Waals surface area contributed by atoms with Crippen molar-refractivity contribution < 1.29 is 22.4 Å². The van der Waals surface area contributed by atoms with Gasteiger partial charge in [0.25, 0.3) is 5.91 Å². The molecule has 3 aliphatic rings. The van der Waals surface area contributed by atoms with Crippen molar-refractivity contribution in [2.45, 2.75) is 37.6 Å². The van der Waals surface area contributed by atoms with Gasteiger partial charge in [0.2, 0.25) is 0 Å². The second kappa shape index (κ2) is 9.66. The molecular weight excluding hydrogens is 462 g/mol. The van der Waals surface area contributed by atoms with Gasteiger partial charge in [-0.15, -0.1) is 0 Å². The fourth-order valence-corrected chi connectivity index (χ4v) is 5.09. The smallest absolute Gasteiger partial charge is 0.356 e. The van der Waals surface area contributed by atoms with Crippen LogP contribution in [0.15, 0.2) is 36.4 Å².